The molecule has 0 radical (unpaired) electrons. The monoisotopic (exact) mass is 1500 g/mol. The van der Waals surface area contributed by atoms with Crippen LogP contribution in [0.2, 0.25) is 0 Å². The topological polar surface area (TPSA) is 108 Å². The molecule has 10 heteroatoms. The van der Waals surface area contributed by atoms with Crippen molar-refractivity contribution >= 4 is 19.8 Å². The second-order valence-corrected chi connectivity index (χ2v) is 35.2. The summed E-state index contributed by atoms with van der Waals surface area (Å²) in [5.74, 6) is -0.765. The van der Waals surface area contributed by atoms with E-state index < -0.39 is 26.5 Å². The molecule has 0 heterocycles. The number of esters is 2. The Morgan fingerprint density at radius 3 is 0.762 bits per heavy atom. The van der Waals surface area contributed by atoms with Crippen LogP contribution in [0.5, 0.6) is 0 Å². The number of hydrogen-bond donors (Lipinski definition) is 1. The maximum absolute atomic E-state index is 13.0. The molecule has 0 aliphatic rings. The molecule has 0 aromatic carbocycles. The van der Waals surface area contributed by atoms with Crippen molar-refractivity contribution in [2.24, 2.45) is 0 Å². The molecule has 9 nitrogen and oxygen atoms in total. The maximum atomic E-state index is 13.0. The second-order valence-electron chi connectivity index (χ2n) is 33.8. The number of nitrogens with zero attached hydrogens (tertiary/aromatic N) is 1. The third kappa shape index (κ3) is 91.0. The molecular weight excluding hydrogens is 1310 g/mol. The highest BCUT2D eigenvalue weighted by Crippen LogP contribution is 2.43. The highest BCUT2D eigenvalue weighted by molar-refractivity contribution is 7.47. The van der Waals surface area contributed by atoms with Gasteiger partial charge in [0.15, 0.2) is 6.10 Å². The number of carbonyl (C=O) groups excluding carboxylic acids is 2. The van der Waals surface area contributed by atoms with Gasteiger partial charge in [-0.25, -0.2) is 4.57 Å². The van der Waals surface area contributed by atoms with E-state index in [2.05, 4.69) is 50.3 Å². The smallest absolute Gasteiger partial charge is 0.462 e. The van der Waals surface area contributed by atoms with Crippen LogP contribution in [0.25, 0.3) is 0 Å². The van der Waals surface area contributed by atoms with Crippen LogP contribution in [0, 0.1) is 0 Å². The van der Waals surface area contributed by atoms with E-state index >= 15 is 0 Å². The number of quaternary nitrogens is 1. The van der Waals surface area contributed by atoms with Gasteiger partial charge in [-0.3, -0.25) is 18.6 Å². The number of allylic oxidation sites excluding steroid dienone is 6. The molecule has 2 atom stereocenters. The third-order valence-corrected chi connectivity index (χ3v) is 22.9. The van der Waals surface area contributed by atoms with Crippen molar-refractivity contribution in [2.75, 3.05) is 47.5 Å². The molecule has 0 spiro atoms. The number of phosphoric acid groups is 1. The van der Waals surface area contributed by atoms with Crippen molar-refractivity contribution in [3.05, 3.63) is 36.5 Å². The average molecular weight is 1500 g/mol. The second kappa shape index (κ2) is 86.2. The molecule has 0 aromatic heterocycles. The number of hydrogen-bond acceptors (Lipinski definition) is 7. The van der Waals surface area contributed by atoms with Crippen LogP contribution in [-0.4, -0.2) is 74.9 Å². The van der Waals surface area contributed by atoms with E-state index in [4.69, 9.17) is 18.5 Å². The van der Waals surface area contributed by atoms with Gasteiger partial charge in [0.2, 0.25) is 0 Å². The van der Waals surface area contributed by atoms with E-state index in [9.17, 15) is 19.0 Å². The first-order valence-corrected chi connectivity index (χ1v) is 48.7. The summed E-state index contributed by atoms with van der Waals surface area (Å²) >= 11 is 0. The SMILES string of the molecule is CCCCCCC/C=C\C/C=C\C/C=C\CCCCCCCCCCCCCCCCCCCCCCCCCCCCC(=O)OC(COC(=O)CCCCCCCCCCCCCCCCCCCCCCCCCCCCCCCCCCCCCCCCCC)COP(=O)(O)OCC[N+](C)(C)C. The Kier molecular flexibility index (Phi) is 84.8. The van der Waals surface area contributed by atoms with Crippen molar-refractivity contribution in [2.45, 2.75) is 514 Å². The van der Waals surface area contributed by atoms with Crippen molar-refractivity contribution in [3.63, 3.8) is 0 Å². The minimum absolute atomic E-state index is 0.0362. The molecular formula is C95H185NO8P+. The summed E-state index contributed by atoms with van der Waals surface area (Å²) in [7, 11) is 1.51. The van der Waals surface area contributed by atoms with Crippen LogP contribution < -0.4 is 0 Å². The lowest BCUT2D eigenvalue weighted by Crippen LogP contribution is -2.37. The Bertz CT molecular complexity index is 1860. The van der Waals surface area contributed by atoms with Gasteiger partial charge in [0.25, 0.3) is 0 Å². The van der Waals surface area contributed by atoms with Gasteiger partial charge in [0.1, 0.15) is 19.8 Å². The zero-order valence-electron chi connectivity index (χ0n) is 71.5. The van der Waals surface area contributed by atoms with Crippen molar-refractivity contribution in [3.8, 4) is 0 Å². The van der Waals surface area contributed by atoms with Crippen LogP contribution >= 0.6 is 7.82 Å². The van der Waals surface area contributed by atoms with Gasteiger partial charge in [0, 0.05) is 12.8 Å². The Hall–Kier alpha value is -1.77. The van der Waals surface area contributed by atoms with E-state index in [-0.39, 0.29) is 25.6 Å². The molecule has 0 aliphatic heterocycles. The standard InChI is InChI=1S/C95H184NO8P/c1-6-8-10-12-14-16-18-20-22-24-26-28-30-32-34-36-38-40-42-44-46-48-50-52-54-56-58-60-62-64-66-68-70-72-74-76-78-80-82-84-86-88-95(98)104-93(92-103-105(99,100)102-90-89-96(3,4)5)91-101-94(97)87-85-83-81-79-77-75-73-71-69-67-65-63-61-59-57-55-53-51-49-47-45-43-41-39-37-35-33-31-29-27-25-23-21-19-17-15-13-11-9-7-2/h18,20,24,26,30,32,93H,6-17,19,21-23,25,27-29,31,33-92H2,1-5H3/p+1/b20-18-,26-24-,32-30-. The molecule has 0 bridgehead atoms. The number of rotatable bonds is 90. The Labute approximate surface area is 656 Å². The zero-order valence-corrected chi connectivity index (χ0v) is 72.4. The van der Waals surface area contributed by atoms with E-state index in [1.54, 1.807) is 0 Å². The van der Waals surface area contributed by atoms with Crippen LogP contribution in [-0.2, 0) is 32.7 Å². The van der Waals surface area contributed by atoms with E-state index in [1.807, 2.05) is 21.1 Å². The van der Waals surface area contributed by atoms with Gasteiger partial charge < -0.3 is 18.9 Å². The summed E-state index contributed by atoms with van der Waals surface area (Å²) in [6.07, 6.45) is 115. The lowest BCUT2D eigenvalue weighted by Gasteiger charge is -2.24. The van der Waals surface area contributed by atoms with Crippen molar-refractivity contribution < 1.29 is 42.1 Å². The fourth-order valence-electron chi connectivity index (χ4n) is 14.7. The van der Waals surface area contributed by atoms with Crippen LogP contribution in [0.3, 0.4) is 0 Å². The summed E-state index contributed by atoms with van der Waals surface area (Å²) in [5, 5.41) is 0. The van der Waals surface area contributed by atoms with E-state index in [0.717, 1.165) is 51.4 Å². The Balaban J connectivity index is 3.81. The van der Waals surface area contributed by atoms with Gasteiger partial charge in [-0.15, -0.1) is 0 Å². The molecule has 0 saturated heterocycles. The zero-order chi connectivity index (χ0) is 76.1. The van der Waals surface area contributed by atoms with Gasteiger partial charge >= 0.3 is 19.8 Å². The quantitative estimate of drug-likeness (QED) is 0.0211. The predicted molar refractivity (Wildman–Crippen MR) is 460 cm³/mol. The fourth-order valence-corrected chi connectivity index (χ4v) is 15.5. The van der Waals surface area contributed by atoms with Gasteiger partial charge in [-0.05, 0) is 51.4 Å². The molecule has 2 unspecified atom stereocenters. The first kappa shape index (κ1) is 103. The first-order chi connectivity index (χ1) is 51.5. The summed E-state index contributed by atoms with van der Waals surface area (Å²) in [6, 6.07) is 0. The number of ether oxygens (including phenoxy) is 2. The Morgan fingerprint density at radius 1 is 0.295 bits per heavy atom. The van der Waals surface area contributed by atoms with Crippen molar-refractivity contribution in [1.82, 2.24) is 0 Å². The summed E-state index contributed by atoms with van der Waals surface area (Å²) in [6.45, 7) is 4.52. The number of carbonyl (C=O) groups is 2. The molecule has 0 aliphatic carbocycles. The van der Waals surface area contributed by atoms with E-state index in [1.165, 1.54) is 430 Å². The molecule has 0 fully saturated rings. The summed E-state index contributed by atoms with van der Waals surface area (Å²) in [5.41, 5.74) is 0. The number of phosphoric ester groups is 1. The molecule has 0 rings (SSSR count). The molecule has 0 saturated carbocycles. The summed E-state index contributed by atoms with van der Waals surface area (Å²) < 4.78 is 34.9. The third-order valence-electron chi connectivity index (χ3n) is 21.9. The first-order valence-electron chi connectivity index (χ1n) is 47.2. The molecule has 105 heavy (non-hydrogen) atoms. The van der Waals surface area contributed by atoms with E-state index in [0.29, 0.717) is 17.4 Å². The van der Waals surface area contributed by atoms with Crippen molar-refractivity contribution in [1.29, 1.82) is 0 Å². The molecule has 0 aromatic rings. The maximum Gasteiger partial charge on any atom is 0.472 e. The normalized spacial score (nSPS) is 13.0. The number of unbranched alkanes of at least 4 members (excludes halogenated alkanes) is 70. The highest BCUT2D eigenvalue weighted by atomic mass is 31.2. The van der Waals surface area contributed by atoms with Gasteiger partial charge in [-0.2, -0.15) is 0 Å². The lowest BCUT2D eigenvalue weighted by molar-refractivity contribution is -0.870. The lowest BCUT2D eigenvalue weighted by atomic mass is 10.0. The highest BCUT2D eigenvalue weighted by Gasteiger charge is 2.27. The van der Waals surface area contributed by atoms with Crippen LogP contribution in [0.1, 0.15) is 508 Å². The largest absolute Gasteiger partial charge is 0.472 e. The molecule has 1 N–H and O–H groups in total. The minimum Gasteiger partial charge on any atom is -0.462 e. The average Bonchev–Trinajstić information content (AvgIpc) is 0.935. The number of likely N-dealkylation sites (N-methyl/N-ethyl adjacent to an activating group) is 1. The van der Waals surface area contributed by atoms with Crippen LogP contribution in [0.4, 0.5) is 0 Å². The van der Waals surface area contributed by atoms with Crippen LogP contribution in [0.15, 0.2) is 36.5 Å². The summed E-state index contributed by atoms with van der Waals surface area (Å²) in [4.78, 5) is 36.1. The van der Waals surface area contributed by atoms with Gasteiger partial charge in [-0.1, -0.05) is 480 Å². The Morgan fingerprint density at radius 2 is 0.514 bits per heavy atom. The molecule has 622 valence electrons. The van der Waals surface area contributed by atoms with Gasteiger partial charge in [0.05, 0.1) is 27.7 Å². The molecule has 0 amide bonds. The fraction of sp³-hybridized carbons (Fsp3) is 0.916. The predicted octanol–water partition coefficient (Wildman–Crippen LogP) is 32.0. The minimum atomic E-state index is -4.40.